The Balaban J connectivity index is 1.26. The number of amides is 1. The molecule has 0 aliphatic carbocycles. The molecule has 0 saturated heterocycles. The Morgan fingerprint density at radius 2 is 2.06 bits per heavy atom. The first-order chi connectivity index (χ1) is 15.1. The van der Waals surface area contributed by atoms with Crippen LogP contribution in [0.3, 0.4) is 0 Å². The molecule has 0 saturated carbocycles. The Kier molecular flexibility index (Phi) is 6.99. The van der Waals surface area contributed by atoms with Gasteiger partial charge in [0.25, 0.3) is 0 Å². The normalized spacial score (nSPS) is 13.6. The van der Waals surface area contributed by atoms with E-state index in [0.29, 0.717) is 6.42 Å². The van der Waals surface area contributed by atoms with Crippen LogP contribution in [0.15, 0.2) is 48.5 Å². The lowest BCUT2D eigenvalue weighted by molar-refractivity contribution is -0.116. The molecule has 1 amide bonds. The number of carbonyl (C=O) groups is 1. The quantitative estimate of drug-likeness (QED) is 0.542. The summed E-state index contributed by atoms with van der Waals surface area (Å²) in [7, 11) is 1.68. The minimum Gasteiger partial charge on any atom is -0.497 e. The lowest BCUT2D eigenvalue weighted by Crippen LogP contribution is -2.29. The zero-order valence-corrected chi connectivity index (χ0v) is 19.0. The maximum absolute atomic E-state index is 12.4. The molecule has 0 bridgehead atoms. The molecule has 0 unspecified atom stereocenters. The number of ether oxygens (including phenoxy) is 1. The third-order valence-corrected chi connectivity index (χ3v) is 6.70. The number of hydrogen-bond donors (Lipinski definition) is 1. The van der Waals surface area contributed by atoms with Crippen LogP contribution < -0.4 is 10.1 Å². The number of methoxy groups -OCH3 is 1. The summed E-state index contributed by atoms with van der Waals surface area (Å²) in [4.78, 5) is 20.8. The van der Waals surface area contributed by atoms with Crippen LogP contribution in [0, 0.1) is 6.92 Å². The summed E-state index contributed by atoms with van der Waals surface area (Å²) in [5.41, 5.74) is 4.93. The van der Waals surface area contributed by atoms with E-state index in [0.717, 1.165) is 55.5 Å². The maximum atomic E-state index is 12.4. The molecule has 0 fully saturated rings. The molecule has 6 heteroatoms. The van der Waals surface area contributed by atoms with Crippen LogP contribution >= 0.6 is 11.3 Å². The molecule has 1 aliphatic heterocycles. The molecule has 1 N–H and O–H groups in total. The minimum atomic E-state index is 0.0402. The maximum Gasteiger partial charge on any atom is 0.226 e. The molecule has 4 rings (SSSR count). The zero-order chi connectivity index (χ0) is 21.6. The molecule has 0 spiro atoms. The number of fused-ring (bicyclic) bond motifs is 1. The minimum absolute atomic E-state index is 0.0402. The van der Waals surface area contributed by atoms with Crippen LogP contribution in [-0.4, -0.2) is 29.4 Å². The van der Waals surface area contributed by atoms with E-state index >= 15 is 0 Å². The molecule has 162 valence electrons. The molecule has 31 heavy (non-hydrogen) atoms. The predicted octanol–water partition coefficient (Wildman–Crippen LogP) is 4.98. The van der Waals surface area contributed by atoms with Crippen LogP contribution in [-0.2, 0) is 30.7 Å². The van der Waals surface area contributed by atoms with Crippen molar-refractivity contribution in [3.05, 3.63) is 75.8 Å². The van der Waals surface area contributed by atoms with Crippen molar-refractivity contribution in [3.8, 4) is 5.75 Å². The number of thiazole rings is 1. The summed E-state index contributed by atoms with van der Waals surface area (Å²) >= 11 is 1.62. The van der Waals surface area contributed by atoms with Gasteiger partial charge in [-0.2, -0.15) is 0 Å². The standard InChI is InChI=1S/C25H29N3O2S/c1-18-15-21(30-2)12-11-20(18)9-6-10-24(29)27-25-26-22-13-14-28(17-23(22)31-25)16-19-7-4-3-5-8-19/h3-5,7-8,11-12,15H,6,9-10,13-14,16-17H2,1-2H3,(H,26,27,29). The van der Waals surface area contributed by atoms with Gasteiger partial charge in [-0.3, -0.25) is 9.69 Å². The Morgan fingerprint density at radius 1 is 1.23 bits per heavy atom. The lowest BCUT2D eigenvalue weighted by atomic mass is 10.0. The summed E-state index contributed by atoms with van der Waals surface area (Å²) in [5.74, 6) is 0.910. The van der Waals surface area contributed by atoms with Gasteiger partial charge in [-0.1, -0.05) is 36.4 Å². The third kappa shape index (κ3) is 5.71. The fourth-order valence-corrected chi connectivity index (χ4v) is 5.04. The lowest BCUT2D eigenvalue weighted by Gasteiger charge is -2.25. The van der Waals surface area contributed by atoms with Crippen molar-refractivity contribution in [2.45, 2.75) is 45.7 Å². The van der Waals surface area contributed by atoms with Gasteiger partial charge in [-0.25, -0.2) is 4.98 Å². The highest BCUT2D eigenvalue weighted by molar-refractivity contribution is 7.15. The van der Waals surface area contributed by atoms with Crippen molar-refractivity contribution in [2.75, 3.05) is 19.0 Å². The van der Waals surface area contributed by atoms with Crippen molar-refractivity contribution in [1.29, 1.82) is 0 Å². The molecule has 2 aromatic carbocycles. The first-order valence-electron chi connectivity index (χ1n) is 10.8. The Labute approximate surface area is 188 Å². The Bertz CT molecular complexity index is 1030. The summed E-state index contributed by atoms with van der Waals surface area (Å²) in [5, 5.41) is 3.75. The highest BCUT2D eigenvalue weighted by Gasteiger charge is 2.21. The van der Waals surface area contributed by atoms with Crippen LogP contribution in [0.2, 0.25) is 0 Å². The van der Waals surface area contributed by atoms with E-state index in [1.165, 1.54) is 21.6 Å². The van der Waals surface area contributed by atoms with E-state index in [4.69, 9.17) is 4.74 Å². The van der Waals surface area contributed by atoms with Gasteiger partial charge in [0.15, 0.2) is 5.13 Å². The van der Waals surface area contributed by atoms with Gasteiger partial charge >= 0.3 is 0 Å². The van der Waals surface area contributed by atoms with Crippen molar-refractivity contribution >= 4 is 22.4 Å². The second-order valence-electron chi connectivity index (χ2n) is 8.03. The van der Waals surface area contributed by atoms with Gasteiger partial charge in [-0.15, -0.1) is 11.3 Å². The summed E-state index contributed by atoms with van der Waals surface area (Å²) in [6.07, 6.45) is 3.13. The van der Waals surface area contributed by atoms with E-state index in [1.54, 1.807) is 18.4 Å². The summed E-state index contributed by atoms with van der Waals surface area (Å²) < 4.78 is 5.26. The topological polar surface area (TPSA) is 54.5 Å². The molecule has 0 radical (unpaired) electrons. The van der Waals surface area contributed by atoms with Gasteiger partial charge in [0.1, 0.15) is 5.75 Å². The second kappa shape index (κ2) is 10.1. The number of anilines is 1. The average molecular weight is 436 g/mol. The van der Waals surface area contributed by atoms with E-state index in [-0.39, 0.29) is 5.91 Å². The van der Waals surface area contributed by atoms with E-state index in [1.807, 2.05) is 18.2 Å². The van der Waals surface area contributed by atoms with E-state index in [2.05, 4.69) is 52.5 Å². The average Bonchev–Trinajstić information content (AvgIpc) is 3.17. The molecule has 3 aromatic rings. The van der Waals surface area contributed by atoms with Gasteiger partial charge in [-0.05, 0) is 48.6 Å². The predicted molar refractivity (Wildman–Crippen MR) is 126 cm³/mol. The van der Waals surface area contributed by atoms with Crippen molar-refractivity contribution in [2.24, 2.45) is 0 Å². The van der Waals surface area contributed by atoms with Gasteiger partial charge in [0.2, 0.25) is 5.91 Å². The van der Waals surface area contributed by atoms with E-state index < -0.39 is 0 Å². The highest BCUT2D eigenvalue weighted by Crippen LogP contribution is 2.29. The number of benzene rings is 2. The smallest absolute Gasteiger partial charge is 0.226 e. The molecular formula is C25H29N3O2S. The number of nitrogens with zero attached hydrogens (tertiary/aromatic N) is 2. The monoisotopic (exact) mass is 435 g/mol. The molecule has 1 aromatic heterocycles. The zero-order valence-electron chi connectivity index (χ0n) is 18.2. The van der Waals surface area contributed by atoms with E-state index in [9.17, 15) is 4.79 Å². The molecule has 1 aliphatic rings. The largest absolute Gasteiger partial charge is 0.497 e. The SMILES string of the molecule is COc1ccc(CCCC(=O)Nc2nc3c(s2)CN(Cc2ccccc2)CC3)c(C)c1. The first kappa shape index (κ1) is 21.5. The second-order valence-corrected chi connectivity index (χ2v) is 9.11. The molecule has 2 heterocycles. The number of hydrogen-bond acceptors (Lipinski definition) is 5. The van der Waals surface area contributed by atoms with Crippen LogP contribution in [0.5, 0.6) is 5.75 Å². The number of aromatic nitrogens is 1. The third-order valence-electron chi connectivity index (χ3n) is 5.71. The Hall–Kier alpha value is -2.70. The number of nitrogens with one attached hydrogen (secondary N) is 1. The molecule has 0 atom stereocenters. The van der Waals surface area contributed by atoms with Crippen molar-refractivity contribution < 1.29 is 9.53 Å². The first-order valence-corrected chi connectivity index (χ1v) is 11.6. The van der Waals surface area contributed by atoms with Crippen molar-refractivity contribution in [1.82, 2.24) is 9.88 Å². The Morgan fingerprint density at radius 3 is 2.84 bits per heavy atom. The van der Waals surface area contributed by atoms with Gasteiger partial charge in [0, 0.05) is 37.4 Å². The summed E-state index contributed by atoms with van der Waals surface area (Å²) in [6, 6.07) is 16.7. The highest BCUT2D eigenvalue weighted by atomic mass is 32.1. The fourth-order valence-electron chi connectivity index (χ4n) is 3.98. The number of aryl methyl sites for hydroxylation is 2. The number of rotatable bonds is 8. The number of carbonyl (C=O) groups excluding carboxylic acids is 1. The van der Waals surface area contributed by atoms with Crippen LogP contribution in [0.25, 0.3) is 0 Å². The molecule has 5 nitrogen and oxygen atoms in total. The van der Waals surface area contributed by atoms with Gasteiger partial charge < -0.3 is 10.1 Å². The fraction of sp³-hybridized carbons (Fsp3) is 0.360. The molecular weight excluding hydrogens is 406 g/mol. The van der Waals surface area contributed by atoms with Gasteiger partial charge in [0.05, 0.1) is 12.8 Å². The van der Waals surface area contributed by atoms with Crippen molar-refractivity contribution in [3.63, 3.8) is 0 Å². The van der Waals surface area contributed by atoms with Crippen LogP contribution in [0.4, 0.5) is 5.13 Å². The van der Waals surface area contributed by atoms with Crippen LogP contribution in [0.1, 0.15) is 40.1 Å². The summed E-state index contributed by atoms with van der Waals surface area (Å²) in [6.45, 7) is 4.93.